The zero-order valence-corrected chi connectivity index (χ0v) is 25.8. The van der Waals surface area contributed by atoms with Gasteiger partial charge in [-0.25, -0.2) is 18.7 Å². The summed E-state index contributed by atoms with van der Waals surface area (Å²) in [5, 5.41) is 32.1. The quantitative estimate of drug-likeness (QED) is 0.116. The molecular weight excluding hydrogens is 609 g/mol. The fourth-order valence-corrected chi connectivity index (χ4v) is 6.71. The van der Waals surface area contributed by atoms with Gasteiger partial charge in [-0.1, -0.05) is 23.7 Å². The molecule has 6 rings (SSSR count). The van der Waals surface area contributed by atoms with Gasteiger partial charge in [-0.15, -0.1) is 0 Å². The number of hydrogen-bond donors (Lipinski definition) is 5. The number of carbonyl (C=O) groups is 1. The number of fused-ring (bicyclic) bond motifs is 3. The van der Waals surface area contributed by atoms with Crippen molar-refractivity contribution in [3.63, 3.8) is 0 Å². The number of carbonyl (C=O) groups excluding carboxylic acids is 1. The number of aliphatic imine (C=N–C) groups is 1. The molecule has 238 valence electrons. The largest absolute Gasteiger partial charge is 0.395 e. The van der Waals surface area contributed by atoms with Crippen molar-refractivity contribution in [3.05, 3.63) is 77.3 Å². The predicted molar refractivity (Wildman–Crippen MR) is 177 cm³/mol. The molecular formula is C33H35ClFN9O2. The van der Waals surface area contributed by atoms with Crippen molar-refractivity contribution in [2.24, 2.45) is 10.7 Å². The monoisotopic (exact) mass is 643 g/mol. The van der Waals surface area contributed by atoms with Gasteiger partial charge in [0.15, 0.2) is 0 Å². The van der Waals surface area contributed by atoms with E-state index >= 15 is 0 Å². The van der Waals surface area contributed by atoms with E-state index in [4.69, 9.17) is 27.7 Å². The third-order valence-corrected chi connectivity index (χ3v) is 8.97. The standard InChI is InChI=1S/C33H35ClFN9O2/c34-28-9-4-22(35)15-29(28)42-32(37)27-18-39-44-19-21(20-2-5-23(6-3-20)41-33(46)38-11-13-45)14-30(44)31(27)40-24-16-25-7-8-26(17-24)43(25)12-1-10-36/h2-6,9,14-15,18-19,24-26,40,45H,1,7-8,11-13,16-17H2,(H2,37,42)(H2,38,41,46)/t24?,25-,26+. The first-order valence-corrected chi connectivity index (χ1v) is 15.7. The molecule has 2 amide bonds. The minimum Gasteiger partial charge on any atom is -0.395 e. The van der Waals surface area contributed by atoms with Crippen LogP contribution in [0.25, 0.3) is 16.6 Å². The Morgan fingerprint density at radius 3 is 2.63 bits per heavy atom. The number of aliphatic hydroxyl groups excluding tert-OH is 1. The number of nitrogens with two attached hydrogens (primary N) is 1. The third kappa shape index (κ3) is 6.77. The number of hydrogen-bond acceptors (Lipinski definition) is 7. The number of urea groups is 1. The molecule has 3 atom stereocenters. The molecule has 2 aromatic carbocycles. The lowest BCUT2D eigenvalue weighted by atomic mass is 9.96. The van der Waals surface area contributed by atoms with Gasteiger partial charge in [0.05, 0.1) is 46.4 Å². The summed E-state index contributed by atoms with van der Waals surface area (Å²) in [5.41, 5.74) is 11.4. The first-order chi connectivity index (χ1) is 22.3. The number of aromatic nitrogens is 2. The molecule has 0 radical (unpaired) electrons. The highest BCUT2D eigenvalue weighted by Gasteiger charge is 2.40. The SMILES string of the molecule is N#CCCN1[C@@H]2CC[C@H]1CC(Nc1c(C(N)=Nc3cc(F)ccc3Cl)cnn3cc(-c4ccc(NC(=O)NCCO)cc4)cc13)C2. The number of nitrogens with zero attached hydrogens (tertiary/aromatic N) is 5. The van der Waals surface area contributed by atoms with E-state index in [1.54, 1.807) is 22.8 Å². The first-order valence-electron chi connectivity index (χ1n) is 15.3. The summed E-state index contributed by atoms with van der Waals surface area (Å²) in [5.74, 6) is -0.318. The van der Waals surface area contributed by atoms with E-state index in [9.17, 15) is 9.18 Å². The number of nitrogens with one attached hydrogen (secondary N) is 3. The number of anilines is 2. The number of rotatable bonds is 10. The molecule has 6 N–H and O–H groups in total. The number of benzene rings is 2. The molecule has 4 heterocycles. The van der Waals surface area contributed by atoms with Gasteiger partial charge in [0, 0.05) is 61.1 Å². The van der Waals surface area contributed by atoms with Crippen LogP contribution in [0.2, 0.25) is 5.02 Å². The average molecular weight is 644 g/mol. The topological polar surface area (TPSA) is 156 Å². The summed E-state index contributed by atoms with van der Waals surface area (Å²) >= 11 is 6.31. The summed E-state index contributed by atoms with van der Waals surface area (Å²) in [4.78, 5) is 19.0. The lowest BCUT2D eigenvalue weighted by molar-refractivity contribution is 0.136. The second-order valence-corrected chi connectivity index (χ2v) is 12.0. The fraction of sp³-hybridized carbons (Fsp3) is 0.333. The number of piperidine rings is 1. The number of amidine groups is 1. The van der Waals surface area contributed by atoms with Crippen LogP contribution in [-0.4, -0.2) is 69.3 Å². The van der Waals surface area contributed by atoms with Crippen LogP contribution >= 0.6 is 11.6 Å². The summed E-state index contributed by atoms with van der Waals surface area (Å²) in [7, 11) is 0. The summed E-state index contributed by atoms with van der Waals surface area (Å²) < 4.78 is 15.8. The van der Waals surface area contributed by atoms with E-state index in [0.29, 0.717) is 29.8 Å². The minimum atomic E-state index is -0.468. The average Bonchev–Trinajstić information content (AvgIpc) is 3.59. The minimum absolute atomic E-state index is 0.139. The van der Waals surface area contributed by atoms with Crippen LogP contribution in [0.3, 0.4) is 0 Å². The maximum Gasteiger partial charge on any atom is 0.319 e. The molecule has 4 aromatic rings. The third-order valence-electron chi connectivity index (χ3n) is 8.65. The van der Waals surface area contributed by atoms with Crippen molar-refractivity contribution in [2.75, 3.05) is 30.3 Å². The van der Waals surface area contributed by atoms with Crippen LogP contribution in [-0.2, 0) is 0 Å². The molecule has 2 aliphatic rings. The molecule has 46 heavy (non-hydrogen) atoms. The highest BCUT2D eigenvalue weighted by molar-refractivity contribution is 6.33. The summed E-state index contributed by atoms with van der Waals surface area (Å²) in [6, 6.07) is 16.2. The smallest absolute Gasteiger partial charge is 0.319 e. The lowest BCUT2D eigenvalue weighted by Crippen LogP contribution is -2.47. The second kappa shape index (κ2) is 13.7. The van der Waals surface area contributed by atoms with Gasteiger partial charge in [0.2, 0.25) is 0 Å². The van der Waals surface area contributed by atoms with Crippen LogP contribution in [0.15, 0.2) is 65.9 Å². The van der Waals surface area contributed by atoms with Gasteiger partial charge < -0.3 is 26.8 Å². The van der Waals surface area contributed by atoms with Crippen molar-refractivity contribution in [1.29, 1.82) is 5.26 Å². The molecule has 0 saturated carbocycles. The fourth-order valence-electron chi connectivity index (χ4n) is 6.55. The van der Waals surface area contributed by atoms with E-state index in [0.717, 1.165) is 54.6 Å². The molecule has 13 heteroatoms. The van der Waals surface area contributed by atoms with Crippen molar-refractivity contribution in [1.82, 2.24) is 19.8 Å². The van der Waals surface area contributed by atoms with Gasteiger partial charge in [0.1, 0.15) is 11.7 Å². The van der Waals surface area contributed by atoms with Gasteiger partial charge in [-0.05, 0) is 61.6 Å². The summed E-state index contributed by atoms with van der Waals surface area (Å²) in [6.45, 7) is 0.819. The van der Waals surface area contributed by atoms with Crippen LogP contribution in [0.4, 0.5) is 26.2 Å². The molecule has 2 saturated heterocycles. The number of halogens is 2. The molecule has 1 unspecified atom stereocenters. The van der Waals surface area contributed by atoms with Crippen LogP contribution in [0.5, 0.6) is 0 Å². The van der Waals surface area contributed by atoms with Gasteiger partial charge >= 0.3 is 6.03 Å². The van der Waals surface area contributed by atoms with Crippen LogP contribution in [0, 0.1) is 17.1 Å². The normalized spacial score (nSPS) is 19.6. The number of amides is 2. The van der Waals surface area contributed by atoms with E-state index in [1.165, 1.54) is 18.2 Å². The maximum atomic E-state index is 14.0. The zero-order valence-electron chi connectivity index (χ0n) is 25.1. The van der Waals surface area contributed by atoms with Crippen LogP contribution < -0.4 is 21.7 Å². The highest BCUT2D eigenvalue weighted by Crippen LogP contribution is 2.38. The number of aliphatic hydroxyl groups is 1. The zero-order chi connectivity index (χ0) is 32.2. The predicted octanol–water partition coefficient (Wildman–Crippen LogP) is 5.27. The molecule has 0 aliphatic carbocycles. The van der Waals surface area contributed by atoms with Crippen molar-refractivity contribution in [2.45, 2.75) is 50.2 Å². The Labute approximate surface area is 270 Å². The Balaban J connectivity index is 1.33. The Morgan fingerprint density at radius 1 is 1.15 bits per heavy atom. The molecule has 2 bridgehead atoms. The lowest BCUT2D eigenvalue weighted by Gasteiger charge is -2.39. The van der Waals surface area contributed by atoms with Gasteiger partial charge in [0.25, 0.3) is 0 Å². The van der Waals surface area contributed by atoms with E-state index < -0.39 is 11.8 Å². The second-order valence-electron chi connectivity index (χ2n) is 11.6. The Morgan fingerprint density at radius 2 is 1.91 bits per heavy atom. The highest BCUT2D eigenvalue weighted by atomic mass is 35.5. The molecule has 11 nitrogen and oxygen atoms in total. The van der Waals surface area contributed by atoms with E-state index in [1.807, 2.05) is 24.4 Å². The Hall–Kier alpha value is -4.70. The molecule has 0 spiro atoms. The Bertz CT molecular complexity index is 1790. The van der Waals surface area contributed by atoms with Crippen LogP contribution in [0.1, 0.15) is 37.7 Å². The number of nitriles is 1. The Kier molecular flexibility index (Phi) is 9.35. The van der Waals surface area contributed by atoms with Crippen molar-refractivity contribution < 1.29 is 14.3 Å². The van der Waals surface area contributed by atoms with Gasteiger partial charge in [-0.2, -0.15) is 10.4 Å². The molecule has 2 fully saturated rings. The first kappa shape index (κ1) is 31.3. The van der Waals surface area contributed by atoms with E-state index in [-0.39, 0.29) is 35.7 Å². The summed E-state index contributed by atoms with van der Waals surface area (Å²) in [6.07, 6.45) is 8.17. The molecule has 2 aliphatic heterocycles. The molecule has 2 aromatic heterocycles. The van der Waals surface area contributed by atoms with E-state index in [2.05, 4.69) is 37.0 Å². The van der Waals surface area contributed by atoms with Gasteiger partial charge in [-0.3, -0.25) is 4.90 Å². The van der Waals surface area contributed by atoms with Crippen molar-refractivity contribution in [3.8, 4) is 17.2 Å². The maximum absolute atomic E-state index is 14.0. The van der Waals surface area contributed by atoms with Crippen molar-refractivity contribution >= 4 is 46.0 Å².